The van der Waals surface area contributed by atoms with Gasteiger partial charge in [0, 0.05) is 48.3 Å². The first-order valence-corrected chi connectivity index (χ1v) is 10.5. The minimum absolute atomic E-state index is 0.0131. The van der Waals surface area contributed by atoms with Gasteiger partial charge in [0.1, 0.15) is 17.3 Å². The molecule has 2 heterocycles. The van der Waals surface area contributed by atoms with Gasteiger partial charge in [-0.15, -0.1) is 0 Å². The lowest BCUT2D eigenvalue weighted by molar-refractivity contribution is -0.116. The summed E-state index contributed by atoms with van der Waals surface area (Å²) in [6.45, 7) is 5.00. The summed E-state index contributed by atoms with van der Waals surface area (Å²) in [6, 6.07) is 15.1. The van der Waals surface area contributed by atoms with Crippen molar-refractivity contribution in [3.05, 3.63) is 77.3 Å². The lowest BCUT2D eigenvalue weighted by atomic mass is 10.1. The van der Waals surface area contributed by atoms with E-state index in [4.69, 9.17) is 4.42 Å². The molecule has 0 bridgehead atoms. The highest BCUT2D eigenvalue weighted by molar-refractivity contribution is 5.94. The maximum Gasteiger partial charge on any atom is 0.254 e. The fraction of sp³-hybridized carbons (Fsp3) is 0.280. The molecule has 31 heavy (non-hydrogen) atoms. The summed E-state index contributed by atoms with van der Waals surface area (Å²) in [4.78, 5) is 26.6. The highest BCUT2D eigenvalue weighted by Gasteiger charge is 2.25. The Hall–Kier alpha value is -3.41. The molecular formula is C25H25FN2O3. The third-order valence-corrected chi connectivity index (χ3v) is 5.27. The van der Waals surface area contributed by atoms with Gasteiger partial charge in [0.05, 0.1) is 0 Å². The number of hydrogen-bond acceptors (Lipinski definition) is 3. The van der Waals surface area contributed by atoms with E-state index >= 15 is 0 Å². The molecule has 5 nitrogen and oxygen atoms in total. The molecule has 0 atom stereocenters. The van der Waals surface area contributed by atoms with Gasteiger partial charge in [0.2, 0.25) is 5.91 Å². The fourth-order valence-electron chi connectivity index (χ4n) is 3.76. The summed E-state index contributed by atoms with van der Waals surface area (Å²) < 4.78 is 19.2. The van der Waals surface area contributed by atoms with Gasteiger partial charge < -0.3 is 14.6 Å². The Labute approximate surface area is 180 Å². The summed E-state index contributed by atoms with van der Waals surface area (Å²) in [7, 11) is 0. The summed E-state index contributed by atoms with van der Waals surface area (Å²) in [5, 5.41) is 2.93. The summed E-state index contributed by atoms with van der Waals surface area (Å²) in [5.41, 5.74) is 3.03. The molecule has 1 aliphatic heterocycles. The Balaban J connectivity index is 1.49. The van der Waals surface area contributed by atoms with Crippen LogP contribution in [0.3, 0.4) is 0 Å². The zero-order chi connectivity index (χ0) is 22.0. The molecular weight excluding hydrogens is 395 g/mol. The number of hydrogen-bond donors (Lipinski definition) is 1. The standard InChI is InChI=1S/C25H25FN2O3/c1-16(2)12-24(29)27-21-5-3-4-18(13-21)23-14-19-15-28(11-10-22(19)31-23)25(30)17-6-8-20(26)9-7-17/h3-9,13-14,16H,10-12,15H2,1-2H3,(H,27,29). The first kappa shape index (κ1) is 20.8. The number of amides is 2. The Kier molecular flexibility index (Phi) is 5.89. The Bertz CT molecular complexity index is 1100. The third-order valence-electron chi connectivity index (χ3n) is 5.27. The molecule has 1 N–H and O–H groups in total. The summed E-state index contributed by atoms with van der Waals surface area (Å²) >= 11 is 0. The molecule has 6 heteroatoms. The largest absolute Gasteiger partial charge is 0.461 e. The van der Waals surface area contributed by atoms with E-state index in [-0.39, 0.29) is 17.6 Å². The molecule has 4 rings (SSSR count). The summed E-state index contributed by atoms with van der Waals surface area (Å²) in [5.74, 6) is 1.37. The first-order valence-electron chi connectivity index (χ1n) is 10.5. The number of nitrogens with zero attached hydrogens (tertiary/aromatic N) is 1. The molecule has 0 fully saturated rings. The highest BCUT2D eigenvalue weighted by atomic mass is 19.1. The van der Waals surface area contributed by atoms with Gasteiger partial charge >= 0.3 is 0 Å². The molecule has 0 radical (unpaired) electrons. The van der Waals surface area contributed by atoms with Crippen molar-refractivity contribution in [2.75, 3.05) is 11.9 Å². The van der Waals surface area contributed by atoms with E-state index in [0.717, 1.165) is 22.6 Å². The van der Waals surface area contributed by atoms with Crippen molar-refractivity contribution in [1.29, 1.82) is 0 Å². The number of carbonyl (C=O) groups is 2. The minimum atomic E-state index is -0.361. The molecule has 0 aliphatic carbocycles. The number of fused-ring (bicyclic) bond motifs is 1. The zero-order valence-electron chi connectivity index (χ0n) is 17.7. The van der Waals surface area contributed by atoms with Crippen LogP contribution < -0.4 is 5.32 Å². The lowest BCUT2D eigenvalue weighted by Crippen LogP contribution is -2.35. The number of furan rings is 1. The van der Waals surface area contributed by atoms with Gasteiger partial charge in [-0.05, 0) is 48.4 Å². The van der Waals surface area contributed by atoms with E-state index in [2.05, 4.69) is 5.32 Å². The molecule has 2 aromatic carbocycles. The van der Waals surface area contributed by atoms with Crippen LogP contribution in [0.1, 0.15) is 41.9 Å². The molecule has 2 amide bonds. The predicted molar refractivity (Wildman–Crippen MR) is 117 cm³/mol. The molecule has 0 unspecified atom stereocenters. The molecule has 0 saturated heterocycles. The van der Waals surface area contributed by atoms with Gasteiger partial charge in [0.25, 0.3) is 5.91 Å². The second-order valence-electron chi connectivity index (χ2n) is 8.27. The smallest absolute Gasteiger partial charge is 0.254 e. The number of carbonyl (C=O) groups excluding carboxylic acids is 2. The number of nitrogens with one attached hydrogen (secondary N) is 1. The van der Waals surface area contributed by atoms with Crippen LogP contribution in [0.4, 0.5) is 10.1 Å². The Morgan fingerprint density at radius 1 is 1.13 bits per heavy atom. The van der Waals surface area contributed by atoms with Gasteiger partial charge in [-0.3, -0.25) is 9.59 Å². The average molecular weight is 420 g/mol. The Morgan fingerprint density at radius 2 is 1.90 bits per heavy atom. The predicted octanol–water partition coefficient (Wildman–Crippen LogP) is 5.27. The van der Waals surface area contributed by atoms with Crippen LogP contribution in [-0.4, -0.2) is 23.3 Å². The van der Waals surface area contributed by atoms with E-state index in [1.54, 1.807) is 4.90 Å². The van der Waals surface area contributed by atoms with Crippen molar-refractivity contribution in [1.82, 2.24) is 4.90 Å². The lowest BCUT2D eigenvalue weighted by Gasteiger charge is -2.26. The van der Waals surface area contributed by atoms with Crippen molar-refractivity contribution < 1.29 is 18.4 Å². The van der Waals surface area contributed by atoms with E-state index in [1.165, 1.54) is 24.3 Å². The second kappa shape index (κ2) is 8.76. The van der Waals surface area contributed by atoms with Crippen molar-refractivity contribution >= 4 is 17.5 Å². The molecule has 1 aliphatic rings. The van der Waals surface area contributed by atoms with Gasteiger partial charge in [-0.1, -0.05) is 26.0 Å². The van der Waals surface area contributed by atoms with Crippen LogP contribution in [0.5, 0.6) is 0 Å². The van der Waals surface area contributed by atoms with Crippen LogP contribution in [0.25, 0.3) is 11.3 Å². The van der Waals surface area contributed by atoms with Crippen LogP contribution in [0.15, 0.2) is 59.0 Å². The topological polar surface area (TPSA) is 62.6 Å². The average Bonchev–Trinajstić information content (AvgIpc) is 3.17. The normalized spacial score (nSPS) is 13.2. The highest BCUT2D eigenvalue weighted by Crippen LogP contribution is 2.31. The van der Waals surface area contributed by atoms with E-state index < -0.39 is 0 Å². The maximum atomic E-state index is 13.1. The van der Waals surface area contributed by atoms with E-state index in [1.807, 2.05) is 44.2 Å². The summed E-state index contributed by atoms with van der Waals surface area (Å²) in [6.07, 6.45) is 1.09. The molecule has 1 aromatic heterocycles. The quantitative estimate of drug-likeness (QED) is 0.612. The first-order chi connectivity index (χ1) is 14.9. The molecule has 160 valence electrons. The molecule has 0 spiro atoms. The second-order valence-corrected chi connectivity index (χ2v) is 8.27. The van der Waals surface area contributed by atoms with Gasteiger partial charge in [-0.2, -0.15) is 0 Å². The van der Waals surface area contributed by atoms with Crippen LogP contribution in [0.2, 0.25) is 0 Å². The Morgan fingerprint density at radius 3 is 2.65 bits per heavy atom. The van der Waals surface area contributed by atoms with Crippen LogP contribution >= 0.6 is 0 Å². The monoisotopic (exact) mass is 420 g/mol. The van der Waals surface area contributed by atoms with Crippen LogP contribution in [-0.2, 0) is 17.8 Å². The number of halogens is 1. The number of benzene rings is 2. The maximum absolute atomic E-state index is 13.1. The van der Waals surface area contributed by atoms with Crippen molar-refractivity contribution in [3.8, 4) is 11.3 Å². The van der Waals surface area contributed by atoms with Crippen molar-refractivity contribution in [2.24, 2.45) is 5.92 Å². The van der Waals surface area contributed by atoms with E-state index in [9.17, 15) is 14.0 Å². The van der Waals surface area contributed by atoms with Gasteiger partial charge in [-0.25, -0.2) is 4.39 Å². The number of anilines is 1. The SMILES string of the molecule is CC(C)CC(=O)Nc1cccc(-c2cc3c(o2)CCN(C(=O)c2ccc(F)cc2)C3)c1. The molecule has 3 aromatic rings. The van der Waals surface area contributed by atoms with Crippen molar-refractivity contribution in [3.63, 3.8) is 0 Å². The van der Waals surface area contributed by atoms with Crippen LogP contribution in [0, 0.1) is 11.7 Å². The number of rotatable bonds is 5. The third kappa shape index (κ3) is 4.85. The zero-order valence-corrected chi connectivity index (χ0v) is 17.7. The van der Waals surface area contributed by atoms with Gasteiger partial charge in [0.15, 0.2) is 0 Å². The molecule has 0 saturated carbocycles. The fourth-order valence-corrected chi connectivity index (χ4v) is 3.76. The minimum Gasteiger partial charge on any atom is -0.461 e. The van der Waals surface area contributed by atoms with Crippen molar-refractivity contribution in [2.45, 2.75) is 33.2 Å². The van der Waals surface area contributed by atoms with E-state index in [0.29, 0.717) is 43.2 Å².